The lowest BCUT2D eigenvalue weighted by Gasteiger charge is -2.11. The Bertz CT molecular complexity index is 670. The molecule has 1 aromatic carbocycles. The predicted octanol–water partition coefficient (Wildman–Crippen LogP) is 3.64. The number of aryl methyl sites for hydroxylation is 1. The molecule has 1 atom stereocenters. The molecule has 0 aliphatic carbocycles. The molecule has 3 nitrogen and oxygen atoms in total. The average molecular weight is 283 g/mol. The summed E-state index contributed by atoms with van der Waals surface area (Å²) in [4.78, 5) is 12.0. The first-order valence-corrected chi connectivity index (χ1v) is 7.49. The summed E-state index contributed by atoms with van der Waals surface area (Å²) in [6, 6.07) is 8.22. The van der Waals surface area contributed by atoms with Crippen LogP contribution in [-0.2, 0) is 13.0 Å². The van der Waals surface area contributed by atoms with Crippen molar-refractivity contribution in [2.24, 2.45) is 5.92 Å². The molecule has 0 fully saturated rings. The van der Waals surface area contributed by atoms with Crippen molar-refractivity contribution in [1.29, 1.82) is 0 Å². The summed E-state index contributed by atoms with van der Waals surface area (Å²) in [5, 5.41) is 0. The number of carbonyl (C=O) groups is 1. The van der Waals surface area contributed by atoms with Crippen LogP contribution in [0.1, 0.15) is 35.3 Å². The minimum atomic E-state index is 0.0378. The van der Waals surface area contributed by atoms with Gasteiger partial charge >= 0.3 is 0 Å². The number of hydrogen-bond donors (Lipinski definition) is 0. The highest BCUT2D eigenvalue weighted by Gasteiger charge is 2.23. The maximum atomic E-state index is 12.0. The van der Waals surface area contributed by atoms with Gasteiger partial charge in [-0.05, 0) is 24.6 Å². The van der Waals surface area contributed by atoms with Gasteiger partial charge in [-0.1, -0.05) is 31.5 Å². The topological polar surface area (TPSA) is 31.2 Å². The van der Waals surface area contributed by atoms with Crippen LogP contribution in [0.2, 0.25) is 0 Å². The van der Waals surface area contributed by atoms with E-state index in [0.29, 0.717) is 0 Å². The smallest absolute Gasteiger partial charge is 0.166 e. The second-order valence-corrected chi connectivity index (χ2v) is 6.17. The van der Waals surface area contributed by atoms with Crippen molar-refractivity contribution >= 4 is 5.78 Å². The maximum absolute atomic E-state index is 12.0. The molecule has 3 rings (SSSR count). The molecule has 3 heteroatoms. The molecule has 0 spiro atoms. The fourth-order valence-electron chi connectivity index (χ4n) is 2.82. The van der Waals surface area contributed by atoms with Crippen molar-refractivity contribution in [3.63, 3.8) is 0 Å². The summed E-state index contributed by atoms with van der Waals surface area (Å²) in [7, 11) is 0. The maximum Gasteiger partial charge on any atom is 0.166 e. The Hall–Kier alpha value is -2.03. The Morgan fingerprint density at radius 1 is 1.38 bits per heavy atom. The van der Waals surface area contributed by atoms with Crippen molar-refractivity contribution in [3.8, 4) is 5.75 Å². The van der Waals surface area contributed by atoms with Crippen LogP contribution in [0.15, 0.2) is 36.7 Å². The number of carbonyl (C=O) groups excluding carboxylic acids is 1. The lowest BCUT2D eigenvalue weighted by Crippen LogP contribution is -2.20. The summed E-state index contributed by atoms with van der Waals surface area (Å²) < 4.78 is 8.03. The zero-order valence-corrected chi connectivity index (χ0v) is 12.8. The molecule has 1 aromatic heterocycles. The number of ketones is 1. The number of benzene rings is 1. The van der Waals surface area contributed by atoms with Crippen LogP contribution in [0.3, 0.4) is 0 Å². The second kappa shape index (κ2) is 5.40. The third-order valence-electron chi connectivity index (χ3n) is 3.93. The van der Waals surface area contributed by atoms with Crippen LogP contribution in [0.5, 0.6) is 5.75 Å². The molecule has 1 aliphatic heterocycles. The lowest BCUT2D eigenvalue weighted by atomic mass is 10.0. The third-order valence-corrected chi connectivity index (χ3v) is 3.93. The Morgan fingerprint density at radius 2 is 2.19 bits per heavy atom. The van der Waals surface area contributed by atoms with Gasteiger partial charge in [0.1, 0.15) is 11.9 Å². The predicted molar refractivity (Wildman–Crippen MR) is 82.9 cm³/mol. The van der Waals surface area contributed by atoms with Crippen molar-refractivity contribution in [1.82, 2.24) is 4.57 Å². The molecule has 1 unspecified atom stereocenters. The van der Waals surface area contributed by atoms with Gasteiger partial charge in [-0.3, -0.25) is 4.79 Å². The van der Waals surface area contributed by atoms with Crippen molar-refractivity contribution in [2.75, 3.05) is 0 Å². The molecule has 110 valence electrons. The highest BCUT2D eigenvalue weighted by Crippen LogP contribution is 2.30. The first kappa shape index (κ1) is 13.9. The van der Waals surface area contributed by atoms with E-state index in [1.807, 2.05) is 38.4 Å². The molecule has 21 heavy (non-hydrogen) atoms. The van der Waals surface area contributed by atoms with E-state index in [1.165, 1.54) is 11.1 Å². The molecule has 0 saturated heterocycles. The van der Waals surface area contributed by atoms with Crippen LogP contribution in [-0.4, -0.2) is 16.5 Å². The number of hydrogen-bond acceptors (Lipinski definition) is 2. The van der Waals surface area contributed by atoms with Gasteiger partial charge in [-0.15, -0.1) is 0 Å². The van der Waals surface area contributed by atoms with E-state index in [1.54, 1.807) is 0 Å². The summed E-state index contributed by atoms with van der Waals surface area (Å²) in [6.07, 6.45) is 4.98. The number of aromatic nitrogens is 1. The minimum Gasteiger partial charge on any atom is -0.488 e. The third kappa shape index (κ3) is 2.87. The molecule has 0 saturated carbocycles. The molecule has 2 aromatic rings. The first-order chi connectivity index (χ1) is 10.0. The van der Waals surface area contributed by atoms with E-state index >= 15 is 0 Å². The van der Waals surface area contributed by atoms with Crippen molar-refractivity contribution in [3.05, 3.63) is 53.3 Å². The molecule has 1 aliphatic rings. The molecular formula is C18H21NO2. The van der Waals surface area contributed by atoms with Crippen LogP contribution in [0, 0.1) is 12.8 Å². The van der Waals surface area contributed by atoms with Crippen LogP contribution < -0.4 is 4.74 Å². The summed E-state index contributed by atoms with van der Waals surface area (Å²) in [6.45, 7) is 6.74. The highest BCUT2D eigenvalue weighted by atomic mass is 16.5. The normalized spacial score (nSPS) is 16.9. The number of rotatable bonds is 4. The quantitative estimate of drug-likeness (QED) is 0.802. The van der Waals surface area contributed by atoms with Crippen molar-refractivity contribution < 1.29 is 9.53 Å². The minimum absolute atomic E-state index is 0.0378. The monoisotopic (exact) mass is 283 g/mol. The zero-order valence-electron chi connectivity index (χ0n) is 12.8. The van der Waals surface area contributed by atoms with Crippen molar-refractivity contribution in [2.45, 2.75) is 39.8 Å². The number of nitrogens with zero attached hydrogens (tertiary/aromatic N) is 1. The summed E-state index contributed by atoms with van der Waals surface area (Å²) >= 11 is 0. The van der Waals surface area contributed by atoms with Gasteiger partial charge in [0.2, 0.25) is 0 Å². The molecular weight excluding hydrogens is 262 g/mol. The van der Waals surface area contributed by atoms with Gasteiger partial charge in [0.05, 0.1) is 6.54 Å². The lowest BCUT2D eigenvalue weighted by molar-refractivity contribution is 0.0939. The van der Waals surface area contributed by atoms with Crippen LogP contribution >= 0.6 is 0 Å². The molecule has 0 amide bonds. The highest BCUT2D eigenvalue weighted by molar-refractivity contribution is 5.97. The summed E-state index contributed by atoms with van der Waals surface area (Å²) in [5.41, 5.74) is 3.34. The Balaban J connectivity index is 1.68. The Kier molecular flexibility index (Phi) is 3.58. The van der Waals surface area contributed by atoms with E-state index in [-0.39, 0.29) is 17.8 Å². The fourth-order valence-corrected chi connectivity index (χ4v) is 2.82. The van der Waals surface area contributed by atoms with Gasteiger partial charge in [-0.25, -0.2) is 0 Å². The van der Waals surface area contributed by atoms with E-state index in [4.69, 9.17) is 4.74 Å². The Labute approximate surface area is 125 Å². The van der Waals surface area contributed by atoms with Crippen LogP contribution in [0.4, 0.5) is 0 Å². The zero-order chi connectivity index (χ0) is 15.0. The van der Waals surface area contributed by atoms with Gasteiger partial charge < -0.3 is 9.30 Å². The van der Waals surface area contributed by atoms with Gasteiger partial charge in [0, 0.05) is 30.3 Å². The molecule has 0 radical (unpaired) electrons. The first-order valence-electron chi connectivity index (χ1n) is 7.49. The summed E-state index contributed by atoms with van der Waals surface area (Å²) in [5.74, 6) is 1.23. The molecule has 0 bridgehead atoms. The standard InChI is InChI=1S/C18H21NO2/c1-12(2)18(20)14-6-7-19(10-14)11-16-9-15-8-13(3)4-5-17(15)21-16/h4-8,10,12,16H,9,11H2,1-3H3. The SMILES string of the molecule is Cc1ccc2c(c1)CC(Cn1ccc(C(=O)C(C)C)c1)O2. The van der Waals surface area contributed by atoms with E-state index in [9.17, 15) is 4.79 Å². The van der Waals surface area contributed by atoms with Crippen LogP contribution in [0.25, 0.3) is 0 Å². The van der Waals surface area contributed by atoms with Gasteiger partial charge in [0.25, 0.3) is 0 Å². The fraction of sp³-hybridized carbons (Fsp3) is 0.389. The number of fused-ring (bicyclic) bond motifs is 1. The number of ether oxygens (including phenoxy) is 1. The molecule has 2 heterocycles. The van der Waals surface area contributed by atoms with E-state index in [2.05, 4.69) is 23.6 Å². The van der Waals surface area contributed by atoms with Gasteiger partial charge in [-0.2, -0.15) is 0 Å². The Morgan fingerprint density at radius 3 is 2.95 bits per heavy atom. The van der Waals surface area contributed by atoms with Gasteiger partial charge in [0.15, 0.2) is 5.78 Å². The van der Waals surface area contributed by atoms with E-state index in [0.717, 1.165) is 24.3 Å². The second-order valence-electron chi connectivity index (χ2n) is 6.17. The largest absolute Gasteiger partial charge is 0.488 e. The molecule has 0 N–H and O–H groups in total. The average Bonchev–Trinajstić information content (AvgIpc) is 3.04. The number of Topliss-reactive ketones (excluding diaryl/α,β-unsaturated/α-hetero) is 1. The van der Waals surface area contributed by atoms with E-state index < -0.39 is 0 Å².